The molecule has 5 heteroatoms. The summed E-state index contributed by atoms with van der Waals surface area (Å²) in [6, 6.07) is 1.22. The summed E-state index contributed by atoms with van der Waals surface area (Å²) in [6.45, 7) is 5.61. The number of piperazine rings is 1. The van der Waals surface area contributed by atoms with Crippen molar-refractivity contribution in [2.75, 3.05) is 45.9 Å². The monoisotopic (exact) mass is 225 g/mol. The third kappa shape index (κ3) is 1.95. The summed E-state index contributed by atoms with van der Waals surface area (Å²) in [7, 11) is 0. The van der Waals surface area contributed by atoms with Gasteiger partial charge in [0.25, 0.3) is 0 Å². The summed E-state index contributed by atoms with van der Waals surface area (Å²) in [5.41, 5.74) is 0. The van der Waals surface area contributed by atoms with Crippen LogP contribution in [0.1, 0.15) is 6.42 Å². The van der Waals surface area contributed by atoms with Gasteiger partial charge in [0.2, 0.25) is 5.91 Å². The van der Waals surface area contributed by atoms with E-state index in [2.05, 4.69) is 10.2 Å². The van der Waals surface area contributed by atoms with Gasteiger partial charge in [0.15, 0.2) is 0 Å². The van der Waals surface area contributed by atoms with Crippen LogP contribution >= 0.6 is 0 Å². The number of fused-ring (bicyclic) bond motifs is 2. The van der Waals surface area contributed by atoms with Crippen molar-refractivity contribution < 1.29 is 9.53 Å². The lowest BCUT2D eigenvalue weighted by atomic mass is 10.2. The summed E-state index contributed by atoms with van der Waals surface area (Å²) in [5, 5.41) is 3.45. The van der Waals surface area contributed by atoms with Crippen LogP contribution in [-0.4, -0.2) is 73.7 Å². The highest BCUT2D eigenvalue weighted by Crippen LogP contribution is 2.22. The first kappa shape index (κ1) is 10.5. The number of hydrogen-bond acceptors (Lipinski definition) is 4. The van der Waals surface area contributed by atoms with Crippen molar-refractivity contribution in [2.45, 2.75) is 18.5 Å². The molecule has 90 valence electrons. The van der Waals surface area contributed by atoms with Crippen LogP contribution in [-0.2, 0) is 9.53 Å². The Morgan fingerprint density at radius 2 is 2.19 bits per heavy atom. The maximum Gasteiger partial charge on any atom is 0.236 e. The Kier molecular flexibility index (Phi) is 2.83. The number of carbonyl (C=O) groups is 1. The lowest BCUT2D eigenvalue weighted by Gasteiger charge is -2.31. The number of carbonyl (C=O) groups excluding carboxylic acids is 1. The highest BCUT2D eigenvalue weighted by Gasteiger charge is 2.38. The van der Waals surface area contributed by atoms with Crippen LogP contribution < -0.4 is 5.32 Å². The molecule has 5 nitrogen and oxygen atoms in total. The zero-order valence-electron chi connectivity index (χ0n) is 9.52. The van der Waals surface area contributed by atoms with Gasteiger partial charge < -0.3 is 15.0 Å². The Morgan fingerprint density at radius 1 is 1.38 bits per heavy atom. The zero-order chi connectivity index (χ0) is 11.0. The fourth-order valence-electron chi connectivity index (χ4n) is 2.93. The Balaban J connectivity index is 1.52. The van der Waals surface area contributed by atoms with E-state index in [9.17, 15) is 4.79 Å². The standard InChI is InChI=1S/C11H19N3O2/c15-11(13-1-3-16-4-2-13)8-14-7-9-5-10(14)6-12-9/h9-10,12H,1-8H2/t9-,10-/m1/s1. The molecule has 0 spiro atoms. The molecule has 3 saturated heterocycles. The van der Waals surface area contributed by atoms with Crippen LogP contribution in [0.5, 0.6) is 0 Å². The Morgan fingerprint density at radius 3 is 2.81 bits per heavy atom. The van der Waals surface area contributed by atoms with Gasteiger partial charge in [-0.2, -0.15) is 0 Å². The minimum Gasteiger partial charge on any atom is -0.378 e. The number of nitrogens with one attached hydrogen (secondary N) is 1. The Hall–Kier alpha value is -0.650. The van der Waals surface area contributed by atoms with Crippen LogP contribution in [0.2, 0.25) is 0 Å². The SMILES string of the molecule is O=C(CN1C[C@H]2C[C@@H]1CN2)N1CCOCC1. The molecule has 0 unspecified atom stereocenters. The molecule has 16 heavy (non-hydrogen) atoms. The van der Waals surface area contributed by atoms with E-state index < -0.39 is 0 Å². The largest absolute Gasteiger partial charge is 0.378 e. The molecule has 3 heterocycles. The summed E-state index contributed by atoms with van der Waals surface area (Å²) in [4.78, 5) is 16.3. The Labute approximate surface area is 95.7 Å². The third-order valence-corrected chi connectivity index (χ3v) is 3.87. The number of ether oxygens (including phenoxy) is 1. The first-order valence-corrected chi connectivity index (χ1v) is 6.16. The summed E-state index contributed by atoms with van der Waals surface area (Å²) in [6.07, 6.45) is 1.22. The number of nitrogens with zero attached hydrogens (tertiary/aromatic N) is 2. The van der Waals surface area contributed by atoms with Crippen LogP contribution in [0.4, 0.5) is 0 Å². The molecule has 0 aromatic rings. The predicted octanol–water partition coefficient (Wildman–Crippen LogP) is -1.11. The summed E-state index contributed by atoms with van der Waals surface area (Å²) < 4.78 is 5.25. The lowest BCUT2D eigenvalue weighted by molar-refractivity contribution is -0.136. The molecule has 1 amide bonds. The molecular formula is C11H19N3O2. The molecule has 3 fully saturated rings. The van der Waals surface area contributed by atoms with Crippen molar-refractivity contribution in [1.29, 1.82) is 0 Å². The van der Waals surface area contributed by atoms with Gasteiger partial charge in [-0.3, -0.25) is 9.69 Å². The smallest absolute Gasteiger partial charge is 0.236 e. The van der Waals surface area contributed by atoms with Gasteiger partial charge in [-0.25, -0.2) is 0 Å². The second-order valence-corrected chi connectivity index (χ2v) is 4.92. The number of rotatable bonds is 2. The number of hydrogen-bond donors (Lipinski definition) is 1. The van der Waals surface area contributed by atoms with Gasteiger partial charge in [0, 0.05) is 38.3 Å². The van der Waals surface area contributed by atoms with Crippen molar-refractivity contribution in [3.8, 4) is 0 Å². The highest BCUT2D eigenvalue weighted by molar-refractivity contribution is 5.78. The molecule has 3 aliphatic rings. The van der Waals surface area contributed by atoms with Crippen molar-refractivity contribution in [1.82, 2.24) is 15.1 Å². The van der Waals surface area contributed by atoms with E-state index in [-0.39, 0.29) is 5.91 Å². The molecule has 2 atom stereocenters. The predicted molar refractivity (Wildman–Crippen MR) is 59.2 cm³/mol. The molecule has 0 radical (unpaired) electrons. The van der Waals surface area contributed by atoms with Crippen LogP contribution in [0.3, 0.4) is 0 Å². The molecule has 2 bridgehead atoms. The van der Waals surface area contributed by atoms with Gasteiger partial charge in [-0.05, 0) is 6.42 Å². The normalized spacial score (nSPS) is 34.6. The molecule has 0 aromatic heterocycles. The average molecular weight is 225 g/mol. The van der Waals surface area contributed by atoms with Crippen molar-refractivity contribution in [3.05, 3.63) is 0 Å². The topological polar surface area (TPSA) is 44.8 Å². The third-order valence-electron chi connectivity index (χ3n) is 3.87. The maximum absolute atomic E-state index is 12.0. The fourth-order valence-corrected chi connectivity index (χ4v) is 2.93. The van der Waals surface area contributed by atoms with Crippen molar-refractivity contribution in [3.63, 3.8) is 0 Å². The second-order valence-electron chi connectivity index (χ2n) is 4.92. The van der Waals surface area contributed by atoms with Gasteiger partial charge in [0.05, 0.1) is 19.8 Å². The lowest BCUT2D eigenvalue weighted by Crippen LogP contribution is -2.50. The van der Waals surface area contributed by atoms with E-state index in [1.54, 1.807) is 0 Å². The number of amides is 1. The van der Waals surface area contributed by atoms with Crippen molar-refractivity contribution >= 4 is 5.91 Å². The molecular weight excluding hydrogens is 206 g/mol. The number of morpholine rings is 1. The van der Waals surface area contributed by atoms with E-state index in [0.717, 1.165) is 26.2 Å². The highest BCUT2D eigenvalue weighted by atomic mass is 16.5. The van der Waals surface area contributed by atoms with Crippen LogP contribution in [0.15, 0.2) is 0 Å². The van der Waals surface area contributed by atoms with E-state index >= 15 is 0 Å². The van der Waals surface area contributed by atoms with Crippen LogP contribution in [0.25, 0.3) is 0 Å². The molecule has 0 aliphatic carbocycles. The van der Waals surface area contributed by atoms with Gasteiger partial charge >= 0.3 is 0 Å². The van der Waals surface area contributed by atoms with E-state index in [0.29, 0.717) is 31.8 Å². The average Bonchev–Trinajstić information content (AvgIpc) is 2.92. The summed E-state index contributed by atoms with van der Waals surface area (Å²) in [5.74, 6) is 0.274. The molecule has 3 rings (SSSR count). The van der Waals surface area contributed by atoms with Crippen LogP contribution in [0, 0.1) is 0 Å². The molecule has 0 saturated carbocycles. The zero-order valence-corrected chi connectivity index (χ0v) is 9.52. The first-order chi connectivity index (χ1) is 7.83. The van der Waals surface area contributed by atoms with Gasteiger partial charge in [-0.15, -0.1) is 0 Å². The van der Waals surface area contributed by atoms with Gasteiger partial charge in [-0.1, -0.05) is 0 Å². The minimum absolute atomic E-state index is 0.274. The van der Waals surface area contributed by atoms with Gasteiger partial charge in [0.1, 0.15) is 0 Å². The molecule has 0 aromatic carbocycles. The number of likely N-dealkylation sites (tertiary alicyclic amines) is 1. The fraction of sp³-hybridized carbons (Fsp3) is 0.909. The first-order valence-electron chi connectivity index (χ1n) is 6.16. The molecule has 1 N–H and O–H groups in total. The molecule has 3 aliphatic heterocycles. The summed E-state index contributed by atoms with van der Waals surface area (Å²) >= 11 is 0. The second kappa shape index (κ2) is 4.31. The van der Waals surface area contributed by atoms with E-state index in [4.69, 9.17) is 4.74 Å². The van der Waals surface area contributed by atoms with Crippen molar-refractivity contribution in [2.24, 2.45) is 0 Å². The van der Waals surface area contributed by atoms with E-state index in [1.165, 1.54) is 6.42 Å². The Bertz CT molecular complexity index is 278. The minimum atomic E-state index is 0.274. The maximum atomic E-state index is 12.0. The quantitative estimate of drug-likeness (QED) is 0.647. The van der Waals surface area contributed by atoms with E-state index in [1.807, 2.05) is 4.90 Å².